The third-order valence-electron chi connectivity index (χ3n) is 2.87. The Morgan fingerprint density at radius 2 is 2.00 bits per heavy atom. The Balaban J connectivity index is 2.19. The fourth-order valence-corrected chi connectivity index (χ4v) is 3.56. The van der Waals surface area contributed by atoms with Gasteiger partial charge in [0.25, 0.3) is 0 Å². The van der Waals surface area contributed by atoms with Gasteiger partial charge in [-0.05, 0) is 38.1 Å². The second-order valence-electron chi connectivity index (χ2n) is 3.90. The average molecular weight is 239 g/mol. The summed E-state index contributed by atoms with van der Waals surface area (Å²) in [4.78, 5) is 0.830. The van der Waals surface area contributed by atoms with Gasteiger partial charge in [-0.15, -0.1) is 0 Å². The van der Waals surface area contributed by atoms with Crippen molar-refractivity contribution in [2.24, 2.45) is 0 Å². The van der Waals surface area contributed by atoms with Crippen LogP contribution in [-0.2, 0) is 10.8 Å². The van der Waals surface area contributed by atoms with Gasteiger partial charge in [0, 0.05) is 5.25 Å². The number of ether oxygens (including phenoxy) is 1. The van der Waals surface area contributed by atoms with Gasteiger partial charge in [-0.1, -0.05) is 12.1 Å². The van der Waals surface area contributed by atoms with Crippen molar-refractivity contribution < 1.29 is 8.95 Å². The first-order chi connectivity index (χ1) is 7.83. The standard InChI is InChI=1S/C12H17NO2S/c1-15-11-4-2-3-5-12(11)16(14)10-6-8-13-9-7-10/h2-5,10,13H,6-9H2,1H3. The third kappa shape index (κ3) is 2.44. The van der Waals surface area contributed by atoms with E-state index in [0.717, 1.165) is 36.6 Å². The largest absolute Gasteiger partial charge is 0.495 e. The van der Waals surface area contributed by atoms with E-state index in [1.807, 2.05) is 24.3 Å². The molecule has 0 amide bonds. The summed E-state index contributed by atoms with van der Waals surface area (Å²) in [5.41, 5.74) is 0. The molecule has 1 unspecified atom stereocenters. The van der Waals surface area contributed by atoms with Crippen molar-refractivity contribution in [2.45, 2.75) is 23.0 Å². The second-order valence-corrected chi connectivity index (χ2v) is 5.60. The fraction of sp³-hybridized carbons (Fsp3) is 0.500. The van der Waals surface area contributed by atoms with Gasteiger partial charge in [-0.2, -0.15) is 0 Å². The van der Waals surface area contributed by atoms with Crippen LogP contribution in [0.25, 0.3) is 0 Å². The highest BCUT2D eigenvalue weighted by molar-refractivity contribution is 7.85. The number of methoxy groups -OCH3 is 1. The van der Waals surface area contributed by atoms with Crippen LogP contribution in [0.3, 0.4) is 0 Å². The van der Waals surface area contributed by atoms with Gasteiger partial charge in [-0.25, -0.2) is 0 Å². The Hall–Kier alpha value is -0.870. The van der Waals surface area contributed by atoms with Crippen LogP contribution in [0.2, 0.25) is 0 Å². The molecule has 1 atom stereocenters. The summed E-state index contributed by atoms with van der Waals surface area (Å²) in [7, 11) is 0.677. The number of benzene rings is 1. The molecule has 1 saturated heterocycles. The van der Waals surface area contributed by atoms with Crippen LogP contribution in [0, 0.1) is 0 Å². The third-order valence-corrected chi connectivity index (χ3v) is 4.72. The highest BCUT2D eigenvalue weighted by atomic mass is 32.2. The van der Waals surface area contributed by atoms with E-state index in [1.165, 1.54) is 0 Å². The van der Waals surface area contributed by atoms with E-state index < -0.39 is 10.8 Å². The molecular weight excluding hydrogens is 222 g/mol. The van der Waals surface area contributed by atoms with Crippen LogP contribution in [0.4, 0.5) is 0 Å². The number of nitrogens with one attached hydrogen (secondary N) is 1. The number of piperidine rings is 1. The topological polar surface area (TPSA) is 38.3 Å². The maximum atomic E-state index is 12.4. The van der Waals surface area contributed by atoms with E-state index in [2.05, 4.69) is 5.32 Å². The number of hydrogen-bond acceptors (Lipinski definition) is 3. The molecule has 1 N–H and O–H groups in total. The summed E-state index contributed by atoms with van der Waals surface area (Å²) >= 11 is 0. The van der Waals surface area contributed by atoms with E-state index in [4.69, 9.17) is 4.74 Å². The monoisotopic (exact) mass is 239 g/mol. The zero-order chi connectivity index (χ0) is 11.4. The molecule has 1 aliphatic heterocycles. The van der Waals surface area contributed by atoms with Gasteiger partial charge < -0.3 is 10.1 Å². The molecule has 2 rings (SSSR count). The molecule has 0 saturated carbocycles. The van der Waals surface area contributed by atoms with E-state index in [9.17, 15) is 4.21 Å². The van der Waals surface area contributed by atoms with E-state index in [-0.39, 0.29) is 5.25 Å². The number of hydrogen-bond donors (Lipinski definition) is 1. The van der Waals surface area contributed by atoms with Crippen molar-refractivity contribution in [3.8, 4) is 5.75 Å². The summed E-state index contributed by atoms with van der Waals surface area (Å²) in [5, 5.41) is 3.55. The van der Waals surface area contributed by atoms with Crippen LogP contribution in [0.1, 0.15) is 12.8 Å². The molecular formula is C12H17NO2S. The SMILES string of the molecule is COc1ccccc1S(=O)C1CCNCC1. The van der Waals surface area contributed by atoms with Crippen LogP contribution in [0.5, 0.6) is 5.75 Å². The second kappa shape index (κ2) is 5.46. The number of para-hydroxylation sites is 1. The summed E-state index contributed by atoms with van der Waals surface area (Å²) in [5.74, 6) is 0.736. The summed E-state index contributed by atoms with van der Waals surface area (Å²) in [6.07, 6.45) is 1.95. The minimum absolute atomic E-state index is 0.262. The molecule has 0 spiro atoms. The van der Waals surface area contributed by atoms with Crippen molar-refractivity contribution in [2.75, 3.05) is 20.2 Å². The number of rotatable bonds is 3. The molecule has 0 aliphatic carbocycles. The van der Waals surface area contributed by atoms with Crippen molar-refractivity contribution in [1.29, 1.82) is 0 Å². The van der Waals surface area contributed by atoms with Gasteiger partial charge in [-0.3, -0.25) is 4.21 Å². The van der Waals surface area contributed by atoms with Crippen LogP contribution < -0.4 is 10.1 Å². The predicted octanol–water partition coefficient (Wildman–Crippen LogP) is 1.55. The van der Waals surface area contributed by atoms with Crippen molar-refractivity contribution in [1.82, 2.24) is 5.32 Å². The minimum atomic E-state index is -0.946. The van der Waals surface area contributed by atoms with E-state index >= 15 is 0 Å². The maximum Gasteiger partial charge on any atom is 0.134 e. The van der Waals surface area contributed by atoms with Gasteiger partial charge in [0.05, 0.1) is 22.8 Å². The molecule has 1 aromatic carbocycles. The molecule has 1 aromatic rings. The smallest absolute Gasteiger partial charge is 0.134 e. The summed E-state index contributed by atoms with van der Waals surface area (Å²) in [6.45, 7) is 1.93. The first-order valence-corrected chi connectivity index (χ1v) is 6.78. The molecule has 1 fully saturated rings. The first-order valence-electron chi connectivity index (χ1n) is 5.57. The average Bonchev–Trinajstić information content (AvgIpc) is 2.39. The lowest BCUT2D eigenvalue weighted by Crippen LogP contribution is -2.33. The molecule has 4 heteroatoms. The lowest BCUT2D eigenvalue weighted by Gasteiger charge is -2.22. The molecule has 0 aromatic heterocycles. The van der Waals surface area contributed by atoms with E-state index in [0.29, 0.717) is 0 Å². The van der Waals surface area contributed by atoms with Crippen molar-refractivity contribution >= 4 is 10.8 Å². The zero-order valence-electron chi connectivity index (χ0n) is 9.44. The van der Waals surface area contributed by atoms with E-state index in [1.54, 1.807) is 7.11 Å². The van der Waals surface area contributed by atoms with Gasteiger partial charge >= 0.3 is 0 Å². The zero-order valence-corrected chi connectivity index (χ0v) is 10.3. The fourth-order valence-electron chi connectivity index (χ4n) is 1.97. The Morgan fingerprint density at radius 1 is 1.31 bits per heavy atom. The highest BCUT2D eigenvalue weighted by Gasteiger charge is 2.22. The van der Waals surface area contributed by atoms with Crippen LogP contribution >= 0.6 is 0 Å². The molecule has 3 nitrogen and oxygen atoms in total. The Labute approximate surface area is 98.7 Å². The van der Waals surface area contributed by atoms with Crippen molar-refractivity contribution in [3.63, 3.8) is 0 Å². The predicted molar refractivity (Wildman–Crippen MR) is 65.3 cm³/mol. The first kappa shape index (κ1) is 11.6. The molecule has 0 radical (unpaired) electrons. The molecule has 0 bridgehead atoms. The van der Waals surface area contributed by atoms with Gasteiger partial charge in [0.2, 0.25) is 0 Å². The Kier molecular flexibility index (Phi) is 3.96. The lowest BCUT2D eigenvalue weighted by atomic mass is 10.2. The minimum Gasteiger partial charge on any atom is -0.495 e. The molecule has 16 heavy (non-hydrogen) atoms. The summed E-state index contributed by atoms with van der Waals surface area (Å²) < 4.78 is 17.6. The van der Waals surface area contributed by atoms with Crippen LogP contribution in [-0.4, -0.2) is 29.7 Å². The van der Waals surface area contributed by atoms with Gasteiger partial charge in [0.1, 0.15) is 5.75 Å². The quantitative estimate of drug-likeness (QED) is 0.870. The maximum absolute atomic E-state index is 12.4. The molecule has 1 aliphatic rings. The molecule has 88 valence electrons. The molecule has 1 heterocycles. The van der Waals surface area contributed by atoms with Gasteiger partial charge in [0.15, 0.2) is 0 Å². The van der Waals surface area contributed by atoms with Crippen molar-refractivity contribution in [3.05, 3.63) is 24.3 Å². The lowest BCUT2D eigenvalue weighted by molar-refractivity contribution is 0.403. The highest BCUT2D eigenvalue weighted by Crippen LogP contribution is 2.26. The Bertz CT molecular complexity index is 375. The summed E-state index contributed by atoms with van der Waals surface area (Å²) in [6, 6.07) is 7.59. The van der Waals surface area contributed by atoms with Crippen LogP contribution in [0.15, 0.2) is 29.2 Å². The normalized spacial score (nSPS) is 19.3. The Morgan fingerprint density at radius 3 is 2.69 bits per heavy atom.